The van der Waals surface area contributed by atoms with Crippen molar-refractivity contribution in [1.29, 1.82) is 0 Å². The van der Waals surface area contributed by atoms with E-state index in [0.717, 1.165) is 17.9 Å². The summed E-state index contributed by atoms with van der Waals surface area (Å²) in [6.07, 6.45) is 2.46. The average Bonchev–Trinajstić information content (AvgIpc) is 3.01. The van der Waals surface area contributed by atoms with Crippen molar-refractivity contribution in [3.63, 3.8) is 0 Å². The Bertz CT molecular complexity index is 403. The molecule has 1 aromatic rings. The van der Waals surface area contributed by atoms with Gasteiger partial charge >= 0.3 is 0 Å². The molecule has 2 nitrogen and oxygen atoms in total. The molecule has 0 aromatic heterocycles. The van der Waals surface area contributed by atoms with E-state index in [1.54, 1.807) is 0 Å². The van der Waals surface area contributed by atoms with Crippen LogP contribution in [0.25, 0.3) is 0 Å². The number of nitrogens with zero attached hydrogens (tertiary/aromatic N) is 1. The highest BCUT2D eigenvalue weighted by Crippen LogP contribution is 2.34. The average molecular weight is 258 g/mol. The zero-order valence-corrected chi connectivity index (χ0v) is 12.2. The first kappa shape index (κ1) is 13.1. The molecule has 104 valence electrons. The summed E-state index contributed by atoms with van der Waals surface area (Å²) >= 11 is 0. The van der Waals surface area contributed by atoms with Crippen molar-refractivity contribution in [1.82, 2.24) is 10.2 Å². The van der Waals surface area contributed by atoms with Crippen LogP contribution in [-0.4, -0.2) is 36.6 Å². The first-order valence-corrected chi connectivity index (χ1v) is 7.80. The first-order chi connectivity index (χ1) is 9.29. The predicted molar refractivity (Wildman–Crippen MR) is 80.2 cm³/mol. The number of benzene rings is 1. The van der Waals surface area contributed by atoms with Crippen LogP contribution in [0.2, 0.25) is 0 Å². The van der Waals surface area contributed by atoms with E-state index in [1.165, 1.54) is 38.0 Å². The van der Waals surface area contributed by atoms with Crippen LogP contribution in [0.3, 0.4) is 0 Å². The maximum atomic E-state index is 3.56. The number of rotatable bonds is 4. The summed E-state index contributed by atoms with van der Waals surface area (Å²) in [6.45, 7) is 8.53. The molecule has 4 atom stereocenters. The van der Waals surface area contributed by atoms with Crippen LogP contribution in [0, 0.1) is 11.8 Å². The number of likely N-dealkylation sites (tertiary alicyclic amines) is 1. The van der Waals surface area contributed by atoms with Crippen LogP contribution in [-0.2, 0) is 6.42 Å². The third kappa shape index (κ3) is 2.56. The monoisotopic (exact) mass is 258 g/mol. The van der Waals surface area contributed by atoms with Gasteiger partial charge in [0.05, 0.1) is 0 Å². The second-order valence-corrected chi connectivity index (χ2v) is 6.27. The lowest BCUT2D eigenvalue weighted by molar-refractivity contribution is 0.164. The molecule has 1 N–H and O–H groups in total. The Kier molecular flexibility index (Phi) is 3.90. The molecule has 0 spiro atoms. The molecule has 0 saturated carbocycles. The van der Waals surface area contributed by atoms with Gasteiger partial charge in [0.25, 0.3) is 0 Å². The fraction of sp³-hybridized carbons (Fsp3) is 0.647. The molecule has 2 saturated heterocycles. The molecule has 19 heavy (non-hydrogen) atoms. The first-order valence-electron chi connectivity index (χ1n) is 7.80. The van der Waals surface area contributed by atoms with Crippen LogP contribution in [0.5, 0.6) is 0 Å². The Morgan fingerprint density at radius 2 is 2.05 bits per heavy atom. The lowest BCUT2D eigenvalue weighted by atomic mass is 9.95. The van der Waals surface area contributed by atoms with Crippen LogP contribution in [0.15, 0.2) is 30.3 Å². The van der Waals surface area contributed by atoms with Gasteiger partial charge in [-0.15, -0.1) is 0 Å². The maximum Gasteiger partial charge on any atom is 0.0136 e. The highest BCUT2D eigenvalue weighted by Gasteiger charge is 2.43. The maximum absolute atomic E-state index is 3.56. The van der Waals surface area contributed by atoms with Gasteiger partial charge in [0.1, 0.15) is 0 Å². The molecular weight excluding hydrogens is 232 g/mol. The van der Waals surface area contributed by atoms with Gasteiger partial charge < -0.3 is 5.32 Å². The van der Waals surface area contributed by atoms with E-state index in [-0.39, 0.29) is 0 Å². The van der Waals surface area contributed by atoms with E-state index in [4.69, 9.17) is 0 Å². The van der Waals surface area contributed by atoms with Crippen LogP contribution >= 0.6 is 0 Å². The Balaban J connectivity index is 1.69. The third-order valence-electron chi connectivity index (χ3n) is 5.23. The minimum Gasteiger partial charge on any atom is -0.316 e. The van der Waals surface area contributed by atoms with E-state index in [1.807, 2.05) is 0 Å². The fourth-order valence-corrected chi connectivity index (χ4v) is 4.06. The standard InChI is InChI=1S/C17H26N2/c1-3-16(9-14-7-5-4-6-8-14)19-12-15-10-18-11-17(15)13(19)2/h4-8,13,15-18H,3,9-12H2,1-2H3. The summed E-state index contributed by atoms with van der Waals surface area (Å²) < 4.78 is 0. The second-order valence-electron chi connectivity index (χ2n) is 6.27. The SMILES string of the molecule is CCC(Cc1ccccc1)N1CC2CNCC2C1C. The van der Waals surface area contributed by atoms with E-state index < -0.39 is 0 Å². The summed E-state index contributed by atoms with van der Waals surface area (Å²) in [4.78, 5) is 2.78. The van der Waals surface area contributed by atoms with Gasteiger partial charge in [-0.2, -0.15) is 0 Å². The number of nitrogens with one attached hydrogen (secondary N) is 1. The van der Waals surface area contributed by atoms with Gasteiger partial charge in [0.15, 0.2) is 0 Å². The minimum absolute atomic E-state index is 0.711. The normalized spacial score (nSPS) is 32.4. The predicted octanol–water partition coefficient (Wildman–Crippen LogP) is 2.55. The quantitative estimate of drug-likeness (QED) is 0.893. The molecule has 2 heterocycles. The van der Waals surface area contributed by atoms with Gasteiger partial charge in [-0.3, -0.25) is 4.90 Å². The molecule has 0 amide bonds. The van der Waals surface area contributed by atoms with Gasteiger partial charge in [0, 0.05) is 18.6 Å². The molecule has 0 bridgehead atoms. The molecule has 0 aliphatic carbocycles. The van der Waals surface area contributed by atoms with Crippen LogP contribution in [0.1, 0.15) is 25.8 Å². The fourth-order valence-electron chi connectivity index (χ4n) is 4.06. The minimum atomic E-state index is 0.711. The summed E-state index contributed by atoms with van der Waals surface area (Å²) in [5.74, 6) is 1.77. The van der Waals surface area contributed by atoms with Crippen LogP contribution < -0.4 is 5.32 Å². The lowest BCUT2D eigenvalue weighted by Crippen LogP contribution is -2.42. The van der Waals surface area contributed by atoms with E-state index in [9.17, 15) is 0 Å². The Labute approximate surface area is 117 Å². The molecule has 2 fully saturated rings. The summed E-state index contributed by atoms with van der Waals surface area (Å²) in [6, 6.07) is 12.4. The summed E-state index contributed by atoms with van der Waals surface area (Å²) in [5.41, 5.74) is 1.48. The van der Waals surface area contributed by atoms with Gasteiger partial charge in [-0.05, 0) is 50.3 Å². The molecule has 4 unspecified atom stereocenters. The Hall–Kier alpha value is -0.860. The van der Waals surface area contributed by atoms with Crippen molar-refractivity contribution in [3.05, 3.63) is 35.9 Å². The number of hydrogen-bond donors (Lipinski definition) is 1. The smallest absolute Gasteiger partial charge is 0.0136 e. The molecule has 3 rings (SSSR count). The van der Waals surface area contributed by atoms with Crippen molar-refractivity contribution in [3.8, 4) is 0 Å². The van der Waals surface area contributed by atoms with Gasteiger partial charge in [0.2, 0.25) is 0 Å². The third-order valence-corrected chi connectivity index (χ3v) is 5.23. The summed E-state index contributed by atoms with van der Waals surface area (Å²) in [7, 11) is 0. The van der Waals surface area contributed by atoms with Gasteiger partial charge in [-0.1, -0.05) is 37.3 Å². The van der Waals surface area contributed by atoms with Crippen LogP contribution in [0.4, 0.5) is 0 Å². The molecule has 2 heteroatoms. The number of hydrogen-bond acceptors (Lipinski definition) is 2. The Morgan fingerprint density at radius 3 is 2.74 bits per heavy atom. The lowest BCUT2D eigenvalue weighted by Gasteiger charge is -2.32. The highest BCUT2D eigenvalue weighted by atomic mass is 15.2. The van der Waals surface area contributed by atoms with E-state index >= 15 is 0 Å². The largest absolute Gasteiger partial charge is 0.316 e. The zero-order valence-electron chi connectivity index (χ0n) is 12.2. The second kappa shape index (κ2) is 5.64. The van der Waals surface area contributed by atoms with Crippen molar-refractivity contribution < 1.29 is 0 Å². The van der Waals surface area contributed by atoms with Crippen molar-refractivity contribution >= 4 is 0 Å². The van der Waals surface area contributed by atoms with E-state index in [0.29, 0.717) is 6.04 Å². The zero-order chi connectivity index (χ0) is 13.2. The molecular formula is C17H26N2. The molecule has 1 aromatic carbocycles. The molecule has 2 aliphatic rings. The molecule has 2 aliphatic heterocycles. The van der Waals surface area contributed by atoms with Crippen molar-refractivity contribution in [2.24, 2.45) is 11.8 Å². The van der Waals surface area contributed by atoms with Crippen molar-refractivity contribution in [2.75, 3.05) is 19.6 Å². The van der Waals surface area contributed by atoms with E-state index in [2.05, 4.69) is 54.4 Å². The topological polar surface area (TPSA) is 15.3 Å². The Morgan fingerprint density at radius 1 is 1.26 bits per heavy atom. The highest BCUT2D eigenvalue weighted by molar-refractivity contribution is 5.16. The van der Waals surface area contributed by atoms with Crippen molar-refractivity contribution in [2.45, 2.75) is 38.8 Å². The molecule has 0 radical (unpaired) electrons. The summed E-state index contributed by atoms with van der Waals surface area (Å²) in [5, 5.41) is 3.56. The number of fused-ring (bicyclic) bond motifs is 1. The van der Waals surface area contributed by atoms with Gasteiger partial charge in [-0.25, -0.2) is 0 Å².